The van der Waals surface area contributed by atoms with Gasteiger partial charge in [-0.2, -0.15) is 0 Å². The van der Waals surface area contributed by atoms with E-state index in [9.17, 15) is 4.79 Å². The van der Waals surface area contributed by atoms with Crippen molar-refractivity contribution < 1.29 is 9.90 Å². The number of hydrogen-bond acceptors (Lipinski definition) is 3. The normalized spacial score (nSPS) is 16.5. The molecule has 1 rings (SSSR count). The van der Waals surface area contributed by atoms with Gasteiger partial charge < -0.3 is 10.1 Å². The highest BCUT2D eigenvalue weighted by Crippen LogP contribution is 2.09. The van der Waals surface area contributed by atoms with Crippen molar-refractivity contribution >= 4 is 23.2 Å². The van der Waals surface area contributed by atoms with Gasteiger partial charge in [-0.3, -0.25) is 4.79 Å². The Morgan fingerprint density at radius 1 is 1.38 bits per heavy atom. The lowest BCUT2D eigenvalue weighted by Crippen LogP contribution is -2.45. The standard InChI is InChI=1S/C11H20N2O2S/c14-11(15)7-2-1-4-8-12-13-9-5-3-6-10(13)16/h12H,1-9H2,(H,14,15). The number of hydrazine groups is 1. The first kappa shape index (κ1) is 13.4. The summed E-state index contributed by atoms with van der Waals surface area (Å²) < 4.78 is 0. The lowest BCUT2D eigenvalue weighted by atomic mass is 10.1. The van der Waals surface area contributed by atoms with Gasteiger partial charge in [0.2, 0.25) is 0 Å². The van der Waals surface area contributed by atoms with Crippen molar-refractivity contribution in [1.82, 2.24) is 10.4 Å². The summed E-state index contributed by atoms with van der Waals surface area (Å²) in [6.45, 7) is 1.90. The summed E-state index contributed by atoms with van der Waals surface area (Å²) in [4.78, 5) is 11.3. The van der Waals surface area contributed by atoms with E-state index in [1.807, 2.05) is 0 Å². The first-order chi connectivity index (χ1) is 7.70. The highest BCUT2D eigenvalue weighted by molar-refractivity contribution is 7.80. The topological polar surface area (TPSA) is 52.6 Å². The third kappa shape index (κ3) is 5.42. The molecular formula is C11H20N2O2S. The maximum atomic E-state index is 10.3. The van der Waals surface area contributed by atoms with Crippen molar-refractivity contribution in [2.75, 3.05) is 13.1 Å². The molecule has 1 fully saturated rings. The van der Waals surface area contributed by atoms with Gasteiger partial charge in [0.1, 0.15) is 0 Å². The summed E-state index contributed by atoms with van der Waals surface area (Å²) in [5.74, 6) is -0.704. The van der Waals surface area contributed by atoms with Gasteiger partial charge in [0.15, 0.2) is 0 Å². The Morgan fingerprint density at radius 3 is 2.88 bits per heavy atom. The molecule has 0 saturated carbocycles. The van der Waals surface area contributed by atoms with E-state index in [4.69, 9.17) is 17.3 Å². The second-order valence-electron chi connectivity index (χ2n) is 4.11. The van der Waals surface area contributed by atoms with E-state index in [1.54, 1.807) is 0 Å². The smallest absolute Gasteiger partial charge is 0.303 e. The summed E-state index contributed by atoms with van der Waals surface area (Å²) >= 11 is 5.25. The minimum Gasteiger partial charge on any atom is -0.481 e. The second kappa shape index (κ2) is 7.57. The van der Waals surface area contributed by atoms with E-state index < -0.39 is 5.97 Å². The van der Waals surface area contributed by atoms with Crippen LogP contribution in [0.2, 0.25) is 0 Å². The monoisotopic (exact) mass is 244 g/mol. The molecular weight excluding hydrogens is 224 g/mol. The van der Waals surface area contributed by atoms with Crippen LogP contribution in [0.25, 0.3) is 0 Å². The Morgan fingerprint density at radius 2 is 2.19 bits per heavy atom. The molecule has 0 aromatic rings. The van der Waals surface area contributed by atoms with E-state index in [0.29, 0.717) is 0 Å². The zero-order valence-corrected chi connectivity index (χ0v) is 10.4. The van der Waals surface area contributed by atoms with Gasteiger partial charge >= 0.3 is 5.97 Å². The molecule has 1 saturated heterocycles. The van der Waals surface area contributed by atoms with E-state index in [-0.39, 0.29) is 6.42 Å². The highest BCUT2D eigenvalue weighted by Gasteiger charge is 2.13. The molecule has 0 aliphatic carbocycles. The largest absolute Gasteiger partial charge is 0.481 e. The van der Waals surface area contributed by atoms with Gasteiger partial charge in [-0.1, -0.05) is 18.6 Å². The number of nitrogens with one attached hydrogen (secondary N) is 1. The molecule has 1 aliphatic heterocycles. The third-order valence-corrected chi connectivity index (χ3v) is 3.12. The lowest BCUT2D eigenvalue weighted by Gasteiger charge is -2.29. The Kier molecular flexibility index (Phi) is 6.33. The number of carboxylic acids is 1. The zero-order valence-electron chi connectivity index (χ0n) is 9.57. The summed E-state index contributed by atoms with van der Waals surface area (Å²) in [7, 11) is 0. The molecule has 0 bridgehead atoms. The molecule has 92 valence electrons. The number of piperidine rings is 1. The SMILES string of the molecule is O=C(O)CCCCCNN1CCCCC1=S. The number of rotatable bonds is 7. The average molecular weight is 244 g/mol. The molecule has 0 amide bonds. The maximum absolute atomic E-state index is 10.3. The molecule has 0 aromatic heterocycles. The number of hydrogen-bond donors (Lipinski definition) is 2. The summed E-state index contributed by atoms with van der Waals surface area (Å²) in [6.07, 6.45) is 6.43. The molecule has 2 N–H and O–H groups in total. The molecule has 16 heavy (non-hydrogen) atoms. The van der Waals surface area contributed by atoms with E-state index in [1.165, 1.54) is 12.8 Å². The Bertz CT molecular complexity index is 246. The number of carboxylic acid groups (broad SMARTS) is 1. The van der Waals surface area contributed by atoms with Crippen molar-refractivity contribution in [3.8, 4) is 0 Å². The molecule has 1 heterocycles. The molecule has 4 nitrogen and oxygen atoms in total. The molecule has 0 atom stereocenters. The molecule has 0 unspecified atom stereocenters. The molecule has 5 heteroatoms. The van der Waals surface area contributed by atoms with Crippen LogP contribution in [-0.2, 0) is 4.79 Å². The number of nitrogens with zero attached hydrogens (tertiary/aromatic N) is 1. The third-order valence-electron chi connectivity index (χ3n) is 2.69. The van der Waals surface area contributed by atoms with Crippen molar-refractivity contribution in [2.45, 2.75) is 44.9 Å². The summed E-state index contributed by atoms with van der Waals surface area (Å²) in [6, 6.07) is 0. The molecule has 1 aliphatic rings. The van der Waals surface area contributed by atoms with Crippen LogP contribution in [0.4, 0.5) is 0 Å². The number of aliphatic carboxylic acids is 1. The van der Waals surface area contributed by atoms with Gasteiger partial charge in [-0.25, -0.2) is 5.43 Å². The van der Waals surface area contributed by atoms with E-state index in [2.05, 4.69) is 10.4 Å². The summed E-state index contributed by atoms with van der Waals surface area (Å²) in [5, 5.41) is 10.5. The van der Waals surface area contributed by atoms with Crippen molar-refractivity contribution in [3.63, 3.8) is 0 Å². The Hall–Kier alpha value is -0.680. The second-order valence-corrected chi connectivity index (χ2v) is 4.59. The summed E-state index contributed by atoms with van der Waals surface area (Å²) in [5.41, 5.74) is 3.30. The van der Waals surface area contributed by atoms with Crippen molar-refractivity contribution in [1.29, 1.82) is 0 Å². The molecule has 0 aromatic carbocycles. The Balaban J connectivity index is 1.98. The van der Waals surface area contributed by atoms with Crippen LogP contribution in [-0.4, -0.2) is 34.2 Å². The van der Waals surface area contributed by atoms with Gasteiger partial charge in [0.25, 0.3) is 0 Å². The first-order valence-corrected chi connectivity index (χ1v) is 6.36. The van der Waals surface area contributed by atoms with Crippen LogP contribution < -0.4 is 5.43 Å². The fourth-order valence-electron chi connectivity index (χ4n) is 1.77. The van der Waals surface area contributed by atoms with Crippen LogP contribution in [0.15, 0.2) is 0 Å². The number of thiocarbonyl (C=S) groups is 1. The van der Waals surface area contributed by atoms with Crippen LogP contribution in [0.1, 0.15) is 44.9 Å². The quantitative estimate of drug-likeness (QED) is 0.529. The van der Waals surface area contributed by atoms with Gasteiger partial charge in [0.05, 0.1) is 4.99 Å². The molecule has 0 spiro atoms. The minimum atomic E-state index is -0.704. The predicted molar refractivity (Wildman–Crippen MR) is 67.3 cm³/mol. The fourth-order valence-corrected chi connectivity index (χ4v) is 2.07. The number of carbonyl (C=O) groups is 1. The van der Waals surface area contributed by atoms with Crippen molar-refractivity contribution in [2.24, 2.45) is 0 Å². The van der Waals surface area contributed by atoms with Crippen LogP contribution >= 0.6 is 12.2 Å². The van der Waals surface area contributed by atoms with E-state index in [0.717, 1.165) is 43.8 Å². The Labute approximate surface area is 102 Å². The van der Waals surface area contributed by atoms with Crippen LogP contribution in [0.5, 0.6) is 0 Å². The highest BCUT2D eigenvalue weighted by atomic mass is 32.1. The first-order valence-electron chi connectivity index (χ1n) is 5.96. The van der Waals surface area contributed by atoms with E-state index >= 15 is 0 Å². The van der Waals surface area contributed by atoms with Crippen LogP contribution in [0.3, 0.4) is 0 Å². The predicted octanol–water partition coefficient (Wildman–Crippen LogP) is 1.95. The average Bonchev–Trinajstić information content (AvgIpc) is 2.25. The van der Waals surface area contributed by atoms with Crippen LogP contribution in [0, 0.1) is 0 Å². The maximum Gasteiger partial charge on any atom is 0.303 e. The zero-order chi connectivity index (χ0) is 11.8. The lowest BCUT2D eigenvalue weighted by molar-refractivity contribution is -0.137. The van der Waals surface area contributed by atoms with Crippen molar-refractivity contribution in [3.05, 3.63) is 0 Å². The molecule has 0 radical (unpaired) electrons. The van der Waals surface area contributed by atoms with Gasteiger partial charge in [0, 0.05) is 19.5 Å². The minimum absolute atomic E-state index is 0.280. The number of unbranched alkanes of at least 4 members (excludes halogenated alkanes) is 2. The van der Waals surface area contributed by atoms with Gasteiger partial charge in [-0.05, 0) is 32.1 Å². The van der Waals surface area contributed by atoms with Gasteiger partial charge in [-0.15, -0.1) is 0 Å². The fraction of sp³-hybridized carbons (Fsp3) is 0.818.